The number of carbonyl (C=O) groups excluding carboxylic acids is 1. The molecule has 0 spiro atoms. The molecule has 0 saturated carbocycles. The van der Waals surface area contributed by atoms with Crippen LogP contribution in [0.2, 0.25) is 5.02 Å². The molecule has 1 aliphatic rings. The SMILES string of the molecule is COc1ccc(Cl)cc1NC(=O)Cn1nnc2sc3c(c2c1=O)CC[C@H](C)C3. The monoisotopic (exact) mass is 418 g/mol. The van der Waals surface area contributed by atoms with Crippen molar-refractivity contribution in [3.8, 4) is 5.75 Å². The lowest BCUT2D eigenvalue weighted by atomic mass is 9.89. The van der Waals surface area contributed by atoms with E-state index in [2.05, 4.69) is 22.6 Å². The van der Waals surface area contributed by atoms with Crippen molar-refractivity contribution < 1.29 is 9.53 Å². The van der Waals surface area contributed by atoms with Crippen molar-refractivity contribution >= 4 is 44.7 Å². The lowest BCUT2D eigenvalue weighted by molar-refractivity contribution is -0.117. The third kappa shape index (κ3) is 3.49. The molecule has 0 radical (unpaired) electrons. The van der Waals surface area contributed by atoms with E-state index < -0.39 is 5.91 Å². The van der Waals surface area contributed by atoms with Gasteiger partial charge in [-0.1, -0.05) is 23.7 Å². The quantitative estimate of drug-likeness (QED) is 0.702. The number of amides is 1. The van der Waals surface area contributed by atoms with Gasteiger partial charge in [0.1, 0.15) is 12.3 Å². The topological polar surface area (TPSA) is 86.1 Å². The Labute approximate surface area is 170 Å². The molecule has 1 aliphatic carbocycles. The fourth-order valence-corrected chi connectivity index (χ4v) is 4.99. The van der Waals surface area contributed by atoms with Gasteiger partial charge in [0.05, 0.1) is 18.2 Å². The zero-order valence-corrected chi connectivity index (χ0v) is 17.1. The van der Waals surface area contributed by atoms with Crippen molar-refractivity contribution in [2.45, 2.75) is 32.7 Å². The van der Waals surface area contributed by atoms with Crippen LogP contribution in [-0.2, 0) is 24.2 Å². The van der Waals surface area contributed by atoms with Crippen LogP contribution in [0.4, 0.5) is 5.69 Å². The highest BCUT2D eigenvalue weighted by Gasteiger charge is 2.24. The number of ether oxygens (including phenoxy) is 1. The van der Waals surface area contributed by atoms with Gasteiger partial charge in [-0.3, -0.25) is 9.59 Å². The molecule has 0 aliphatic heterocycles. The molecule has 4 rings (SSSR count). The summed E-state index contributed by atoms with van der Waals surface area (Å²) in [6.45, 7) is 1.98. The van der Waals surface area contributed by atoms with Crippen molar-refractivity contribution in [3.63, 3.8) is 0 Å². The van der Waals surface area contributed by atoms with Gasteiger partial charge in [0, 0.05) is 9.90 Å². The Hall–Kier alpha value is -2.45. The van der Waals surface area contributed by atoms with E-state index in [1.54, 1.807) is 18.2 Å². The van der Waals surface area contributed by atoms with E-state index in [1.807, 2.05) is 0 Å². The van der Waals surface area contributed by atoms with E-state index in [0.717, 1.165) is 29.5 Å². The minimum Gasteiger partial charge on any atom is -0.495 e. The lowest BCUT2D eigenvalue weighted by Crippen LogP contribution is -2.30. The highest BCUT2D eigenvalue weighted by Crippen LogP contribution is 2.35. The maximum Gasteiger partial charge on any atom is 0.279 e. The second kappa shape index (κ2) is 7.52. The largest absolute Gasteiger partial charge is 0.495 e. The molecule has 7 nitrogen and oxygen atoms in total. The minimum atomic E-state index is -0.408. The summed E-state index contributed by atoms with van der Waals surface area (Å²) >= 11 is 7.53. The molecule has 9 heteroatoms. The predicted octanol–water partition coefficient (Wildman–Crippen LogP) is 3.28. The van der Waals surface area contributed by atoms with E-state index in [9.17, 15) is 9.59 Å². The number of aromatic nitrogens is 3. The first kappa shape index (κ1) is 18.9. The molecule has 2 aromatic heterocycles. The number of benzene rings is 1. The molecule has 3 aromatic rings. The molecule has 146 valence electrons. The first-order valence-electron chi connectivity index (χ1n) is 8.97. The second-order valence-corrected chi connectivity index (χ2v) is 8.50. The standard InChI is InChI=1S/C19H19ClN4O3S/c1-10-3-5-12-15(7-10)28-18-17(12)19(26)24(23-22-18)9-16(25)21-13-8-11(20)4-6-14(13)27-2/h4,6,8,10H,3,5,7,9H2,1-2H3,(H,21,25)/t10-/m0/s1. The number of halogens is 1. The Morgan fingerprint density at radius 1 is 1.46 bits per heavy atom. The molecule has 1 atom stereocenters. The van der Waals surface area contributed by atoms with E-state index in [1.165, 1.54) is 23.3 Å². The van der Waals surface area contributed by atoms with Crippen molar-refractivity contribution in [3.05, 3.63) is 44.0 Å². The van der Waals surface area contributed by atoms with Gasteiger partial charge in [0.2, 0.25) is 5.91 Å². The molecule has 1 aromatic carbocycles. The van der Waals surface area contributed by atoms with Crippen LogP contribution >= 0.6 is 22.9 Å². The first-order chi connectivity index (χ1) is 13.5. The number of carbonyl (C=O) groups is 1. The summed E-state index contributed by atoms with van der Waals surface area (Å²) in [4.78, 5) is 27.3. The van der Waals surface area contributed by atoms with Crippen molar-refractivity contribution in [2.75, 3.05) is 12.4 Å². The molecule has 0 saturated heterocycles. The van der Waals surface area contributed by atoms with E-state index >= 15 is 0 Å². The van der Waals surface area contributed by atoms with Crippen molar-refractivity contribution in [1.82, 2.24) is 15.0 Å². The summed E-state index contributed by atoms with van der Waals surface area (Å²) < 4.78 is 6.34. The molecule has 2 heterocycles. The van der Waals surface area contributed by atoms with Crippen LogP contribution in [0.15, 0.2) is 23.0 Å². The maximum atomic E-state index is 12.9. The first-order valence-corrected chi connectivity index (χ1v) is 10.2. The van der Waals surface area contributed by atoms with Gasteiger partial charge in [0.15, 0.2) is 4.83 Å². The third-order valence-electron chi connectivity index (χ3n) is 4.91. The third-order valence-corrected chi connectivity index (χ3v) is 6.29. The van der Waals surface area contributed by atoms with Crippen molar-refractivity contribution in [2.24, 2.45) is 5.92 Å². The highest BCUT2D eigenvalue weighted by atomic mass is 35.5. The number of aryl methyl sites for hydroxylation is 1. The van der Waals surface area contributed by atoms with E-state index in [0.29, 0.717) is 32.6 Å². The molecule has 0 fully saturated rings. The van der Waals surface area contributed by atoms with Gasteiger partial charge in [-0.05, 0) is 48.9 Å². The van der Waals surface area contributed by atoms with Crippen LogP contribution in [0, 0.1) is 5.92 Å². The summed E-state index contributed by atoms with van der Waals surface area (Å²) in [6.07, 6.45) is 2.88. The number of nitrogens with one attached hydrogen (secondary N) is 1. The molecular formula is C19H19ClN4O3S. The van der Waals surface area contributed by atoms with Crippen LogP contribution in [0.25, 0.3) is 10.2 Å². The summed E-state index contributed by atoms with van der Waals surface area (Å²) in [5.74, 6) is 0.677. The normalized spacial score (nSPS) is 16.0. The number of rotatable bonds is 4. The summed E-state index contributed by atoms with van der Waals surface area (Å²) in [6, 6.07) is 4.92. The van der Waals surface area contributed by atoms with Crippen LogP contribution in [0.3, 0.4) is 0 Å². The fourth-order valence-electron chi connectivity index (χ4n) is 3.50. The number of hydrogen-bond acceptors (Lipinski definition) is 6. The number of hydrogen-bond donors (Lipinski definition) is 1. The predicted molar refractivity (Wildman–Crippen MR) is 109 cm³/mol. The van der Waals surface area contributed by atoms with Gasteiger partial charge >= 0.3 is 0 Å². The van der Waals surface area contributed by atoms with Crippen LogP contribution in [-0.4, -0.2) is 28.0 Å². The van der Waals surface area contributed by atoms with Crippen LogP contribution in [0.1, 0.15) is 23.8 Å². The minimum absolute atomic E-state index is 0.238. The molecule has 0 unspecified atom stereocenters. The molecule has 0 bridgehead atoms. The Kier molecular flexibility index (Phi) is 5.07. The highest BCUT2D eigenvalue weighted by molar-refractivity contribution is 7.18. The van der Waals surface area contributed by atoms with Crippen LogP contribution in [0.5, 0.6) is 5.75 Å². The average molecular weight is 419 g/mol. The van der Waals surface area contributed by atoms with Gasteiger partial charge in [-0.2, -0.15) is 0 Å². The smallest absolute Gasteiger partial charge is 0.279 e. The number of fused-ring (bicyclic) bond motifs is 3. The number of nitrogens with zero attached hydrogens (tertiary/aromatic N) is 3. The van der Waals surface area contributed by atoms with E-state index in [4.69, 9.17) is 16.3 Å². The van der Waals surface area contributed by atoms with Gasteiger partial charge in [-0.25, -0.2) is 4.68 Å². The average Bonchev–Trinajstić information content (AvgIpc) is 3.02. The maximum absolute atomic E-state index is 12.9. The molecule has 28 heavy (non-hydrogen) atoms. The summed E-state index contributed by atoms with van der Waals surface area (Å²) in [5.41, 5.74) is 1.23. The molecular weight excluding hydrogens is 400 g/mol. The Balaban J connectivity index is 1.62. The second-order valence-electron chi connectivity index (χ2n) is 6.98. The zero-order valence-electron chi connectivity index (χ0n) is 15.5. The van der Waals surface area contributed by atoms with E-state index in [-0.39, 0.29) is 12.1 Å². The molecule has 1 amide bonds. The van der Waals surface area contributed by atoms with Gasteiger partial charge in [-0.15, -0.1) is 16.4 Å². The number of methoxy groups -OCH3 is 1. The Bertz CT molecular complexity index is 1120. The zero-order chi connectivity index (χ0) is 19.8. The number of anilines is 1. The fraction of sp³-hybridized carbons (Fsp3) is 0.368. The van der Waals surface area contributed by atoms with Gasteiger partial charge < -0.3 is 10.1 Å². The Morgan fingerprint density at radius 3 is 3.07 bits per heavy atom. The van der Waals surface area contributed by atoms with Gasteiger partial charge in [0.25, 0.3) is 5.56 Å². The van der Waals surface area contributed by atoms with Crippen molar-refractivity contribution in [1.29, 1.82) is 0 Å². The lowest BCUT2D eigenvalue weighted by Gasteiger charge is -2.17. The molecule has 1 N–H and O–H groups in total. The summed E-state index contributed by atoms with van der Waals surface area (Å²) in [7, 11) is 1.50. The summed E-state index contributed by atoms with van der Waals surface area (Å²) in [5, 5.41) is 11.9. The Morgan fingerprint density at radius 2 is 2.29 bits per heavy atom. The number of thiophene rings is 1. The van der Waals surface area contributed by atoms with Crippen LogP contribution < -0.4 is 15.6 Å².